The van der Waals surface area contributed by atoms with Crippen molar-refractivity contribution in [1.82, 2.24) is 0 Å². The standard InChI is InChI=1S/C13H21FN2/c1-10(2)11(8-15)9-16(3)13-7-5-4-6-12(13)14/h4-7,10-11H,8-9,15H2,1-3H3. The largest absolute Gasteiger partial charge is 0.372 e. The van der Waals surface area contributed by atoms with Crippen molar-refractivity contribution in [2.24, 2.45) is 17.6 Å². The minimum atomic E-state index is -0.176. The summed E-state index contributed by atoms with van der Waals surface area (Å²) in [4.78, 5) is 1.94. The molecule has 0 saturated carbocycles. The molecular formula is C13H21FN2. The molecule has 1 rings (SSSR count). The smallest absolute Gasteiger partial charge is 0.146 e. The van der Waals surface area contributed by atoms with E-state index in [-0.39, 0.29) is 5.82 Å². The molecule has 1 atom stereocenters. The lowest BCUT2D eigenvalue weighted by molar-refractivity contribution is 0.396. The Morgan fingerprint density at radius 2 is 1.94 bits per heavy atom. The van der Waals surface area contributed by atoms with Crippen molar-refractivity contribution >= 4 is 5.69 Å². The Labute approximate surface area is 97.3 Å². The molecule has 0 aliphatic rings. The molecule has 90 valence electrons. The molecule has 1 aromatic carbocycles. The highest BCUT2D eigenvalue weighted by atomic mass is 19.1. The first-order valence-electron chi connectivity index (χ1n) is 5.72. The summed E-state index contributed by atoms with van der Waals surface area (Å²) in [7, 11) is 1.91. The van der Waals surface area contributed by atoms with Gasteiger partial charge in [-0.15, -0.1) is 0 Å². The van der Waals surface area contributed by atoms with Crippen LogP contribution in [0.3, 0.4) is 0 Å². The maximum atomic E-state index is 13.5. The van der Waals surface area contributed by atoms with Crippen LogP contribution in [0, 0.1) is 17.7 Å². The minimum Gasteiger partial charge on any atom is -0.372 e. The monoisotopic (exact) mass is 224 g/mol. The molecule has 1 unspecified atom stereocenters. The third-order valence-corrected chi connectivity index (χ3v) is 3.02. The van der Waals surface area contributed by atoms with Gasteiger partial charge in [0.1, 0.15) is 5.82 Å². The number of hydrogen-bond donors (Lipinski definition) is 1. The molecule has 0 aliphatic heterocycles. The van der Waals surface area contributed by atoms with Crippen molar-refractivity contribution in [3.05, 3.63) is 30.1 Å². The maximum Gasteiger partial charge on any atom is 0.146 e. The van der Waals surface area contributed by atoms with Crippen LogP contribution < -0.4 is 10.6 Å². The zero-order chi connectivity index (χ0) is 12.1. The zero-order valence-electron chi connectivity index (χ0n) is 10.3. The summed E-state index contributed by atoms with van der Waals surface area (Å²) in [5, 5.41) is 0. The van der Waals surface area contributed by atoms with Crippen molar-refractivity contribution in [3.63, 3.8) is 0 Å². The number of rotatable bonds is 5. The summed E-state index contributed by atoms with van der Waals surface area (Å²) < 4.78 is 13.5. The molecule has 0 radical (unpaired) electrons. The van der Waals surface area contributed by atoms with E-state index in [4.69, 9.17) is 5.73 Å². The highest BCUT2D eigenvalue weighted by molar-refractivity contribution is 5.46. The topological polar surface area (TPSA) is 29.3 Å². The van der Waals surface area contributed by atoms with Gasteiger partial charge in [-0.25, -0.2) is 4.39 Å². The molecule has 3 heteroatoms. The number of nitrogens with two attached hydrogens (primary N) is 1. The quantitative estimate of drug-likeness (QED) is 0.832. The third kappa shape index (κ3) is 3.20. The van der Waals surface area contributed by atoms with Crippen molar-refractivity contribution in [3.8, 4) is 0 Å². The molecule has 0 bridgehead atoms. The minimum absolute atomic E-state index is 0.176. The van der Waals surface area contributed by atoms with E-state index in [0.717, 1.165) is 6.54 Å². The van der Waals surface area contributed by atoms with Crippen LogP contribution in [-0.2, 0) is 0 Å². The Bertz CT molecular complexity index is 325. The van der Waals surface area contributed by atoms with E-state index in [2.05, 4.69) is 13.8 Å². The second kappa shape index (κ2) is 5.85. The number of nitrogens with zero attached hydrogens (tertiary/aromatic N) is 1. The van der Waals surface area contributed by atoms with Crippen molar-refractivity contribution in [2.45, 2.75) is 13.8 Å². The van der Waals surface area contributed by atoms with E-state index >= 15 is 0 Å². The van der Waals surface area contributed by atoms with Crippen LogP contribution in [-0.4, -0.2) is 20.1 Å². The van der Waals surface area contributed by atoms with Crippen LogP contribution in [0.5, 0.6) is 0 Å². The Morgan fingerprint density at radius 3 is 2.44 bits per heavy atom. The Balaban J connectivity index is 2.72. The molecule has 2 nitrogen and oxygen atoms in total. The number of halogens is 1. The first-order valence-corrected chi connectivity index (χ1v) is 5.72. The summed E-state index contributed by atoms with van der Waals surface area (Å²) in [6.07, 6.45) is 0. The second-order valence-corrected chi connectivity index (χ2v) is 4.57. The molecule has 0 aliphatic carbocycles. The van der Waals surface area contributed by atoms with E-state index in [0.29, 0.717) is 24.1 Å². The fraction of sp³-hybridized carbons (Fsp3) is 0.538. The van der Waals surface area contributed by atoms with Gasteiger partial charge in [-0.2, -0.15) is 0 Å². The summed E-state index contributed by atoms with van der Waals surface area (Å²) in [5.74, 6) is 0.730. The molecule has 0 amide bonds. The van der Waals surface area contributed by atoms with Gasteiger partial charge < -0.3 is 10.6 Å². The molecule has 0 heterocycles. The number of para-hydroxylation sites is 1. The Morgan fingerprint density at radius 1 is 1.31 bits per heavy atom. The summed E-state index contributed by atoms with van der Waals surface area (Å²) >= 11 is 0. The van der Waals surface area contributed by atoms with Gasteiger partial charge in [0, 0.05) is 13.6 Å². The fourth-order valence-corrected chi connectivity index (χ4v) is 1.77. The molecule has 0 spiro atoms. The van der Waals surface area contributed by atoms with Gasteiger partial charge >= 0.3 is 0 Å². The van der Waals surface area contributed by atoms with E-state index in [1.54, 1.807) is 12.1 Å². The Kier molecular flexibility index (Phi) is 4.74. The lowest BCUT2D eigenvalue weighted by Gasteiger charge is -2.27. The average molecular weight is 224 g/mol. The van der Waals surface area contributed by atoms with Crippen molar-refractivity contribution in [1.29, 1.82) is 0 Å². The first kappa shape index (κ1) is 13.0. The number of benzene rings is 1. The molecule has 2 N–H and O–H groups in total. The second-order valence-electron chi connectivity index (χ2n) is 4.57. The van der Waals surface area contributed by atoms with Crippen LogP contribution in [0.25, 0.3) is 0 Å². The maximum absolute atomic E-state index is 13.5. The fourth-order valence-electron chi connectivity index (χ4n) is 1.77. The predicted molar refractivity (Wildman–Crippen MR) is 67.1 cm³/mol. The highest BCUT2D eigenvalue weighted by Gasteiger charge is 2.15. The van der Waals surface area contributed by atoms with E-state index < -0.39 is 0 Å². The van der Waals surface area contributed by atoms with Crippen LogP contribution in [0.1, 0.15) is 13.8 Å². The van der Waals surface area contributed by atoms with E-state index in [9.17, 15) is 4.39 Å². The number of anilines is 1. The summed E-state index contributed by atoms with van der Waals surface area (Å²) in [6.45, 7) is 5.71. The van der Waals surface area contributed by atoms with Gasteiger partial charge in [0.05, 0.1) is 5.69 Å². The molecule has 16 heavy (non-hydrogen) atoms. The van der Waals surface area contributed by atoms with Gasteiger partial charge in [-0.3, -0.25) is 0 Å². The lowest BCUT2D eigenvalue weighted by Crippen LogP contribution is -2.33. The summed E-state index contributed by atoms with van der Waals surface area (Å²) in [6, 6.07) is 6.83. The van der Waals surface area contributed by atoms with Gasteiger partial charge in [-0.1, -0.05) is 26.0 Å². The van der Waals surface area contributed by atoms with Gasteiger partial charge in [0.25, 0.3) is 0 Å². The van der Waals surface area contributed by atoms with Gasteiger partial charge in [0.15, 0.2) is 0 Å². The SMILES string of the molecule is CC(C)C(CN)CN(C)c1ccccc1F. The van der Waals surface area contributed by atoms with Crippen LogP contribution in [0.4, 0.5) is 10.1 Å². The van der Waals surface area contributed by atoms with E-state index in [1.807, 2.05) is 18.0 Å². The molecule has 0 saturated heterocycles. The molecular weight excluding hydrogens is 203 g/mol. The van der Waals surface area contributed by atoms with Crippen molar-refractivity contribution in [2.75, 3.05) is 25.0 Å². The Hall–Kier alpha value is -1.09. The molecule has 1 aromatic rings. The first-order chi connectivity index (χ1) is 7.56. The van der Waals surface area contributed by atoms with E-state index in [1.165, 1.54) is 6.07 Å². The normalized spacial score (nSPS) is 12.9. The van der Waals surface area contributed by atoms with Crippen LogP contribution in [0.2, 0.25) is 0 Å². The van der Waals surface area contributed by atoms with Gasteiger partial charge in [0.2, 0.25) is 0 Å². The van der Waals surface area contributed by atoms with Crippen LogP contribution in [0.15, 0.2) is 24.3 Å². The van der Waals surface area contributed by atoms with Crippen molar-refractivity contribution < 1.29 is 4.39 Å². The van der Waals surface area contributed by atoms with Gasteiger partial charge in [-0.05, 0) is 30.5 Å². The molecule has 0 fully saturated rings. The summed E-state index contributed by atoms with van der Waals surface area (Å²) in [5.41, 5.74) is 6.36. The molecule has 0 aromatic heterocycles. The predicted octanol–water partition coefficient (Wildman–Crippen LogP) is 2.49. The number of hydrogen-bond acceptors (Lipinski definition) is 2. The average Bonchev–Trinajstić information content (AvgIpc) is 2.25. The highest BCUT2D eigenvalue weighted by Crippen LogP contribution is 2.20. The van der Waals surface area contributed by atoms with Crippen LogP contribution >= 0.6 is 0 Å². The zero-order valence-corrected chi connectivity index (χ0v) is 10.3. The third-order valence-electron chi connectivity index (χ3n) is 3.02. The lowest BCUT2D eigenvalue weighted by atomic mass is 9.95.